The molecule has 0 aromatic heterocycles. The molecule has 4 atom stereocenters. The van der Waals surface area contributed by atoms with Gasteiger partial charge in [0, 0.05) is 11.8 Å². The Morgan fingerprint density at radius 1 is 0.500 bits per heavy atom. The van der Waals surface area contributed by atoms with Gasteiger partial charge in [-0.15, -0.1) is 0 Å². The maximum atomic E-state index is 6.77. The van der Waals surface area contributed by atoms with Crippen molar-refractivity contribution in [2.45, 2.75) is 113 Å². The minimum atomic E-state index is -0.499. The lowest BCUT2D eigenvalue weighted by atomic mass is 9.66. The number of hydrogen-bond acceptors (Lipinski definition) is 4. The van der Waals surface area contributed by atoms with Crippen LogP contribution in [-0.2, 0) is 24.4 Å². The standard InChI is InChI=1S/C44H46O4/c1-40(2)41(3,4)46-37-32(25-35(37)45-40)26-19-21-30-31-22-20-27(36-38-39(36)48-43(7,8)42(5,6)47-38)24-34(31)44(33(30)23-26,28-15-11-9-12-16-28)29-17-13-10-14-18-29/h9-25,32,36-39H,1-8H3. The van der Waals surface area contributed by atoms with Gasteiger partial charge in [-0.3, -0.25) is 0 Å². The van der Waals surface area contributed by atoms with Gasteiger partial charge >= 0.3 is 0 Å². The van der Waals surface area contributed by atoms with Crippen molar-refractivity contribution in [3.8, 4) is 11.1 Å². The van der Waals surface area contributed by atoms with Crippen molar-refractivity contribution in [1.29, 1.82) is 0 Å². The number of benzene rings is 4. The molecule has 0 bridgehead atoms. The van der Waals surface area contributed by atoms with Gasteiger partial charge in [-0.2, -0.15) is 0 Å². The predicted octanol–water partition coefficient (Wildman–Crippen LogP) is 9.44. The normalized spacial score (nSPS) is 30.3. The molecule has 0 radical (unpaired) electrons. The van der Waals surface area contributed by atoms with E-state index in [1.807, 2.05) is 0 Å². The van der Waals surface area contributed by atoms with Crippen LogP contribution in [0.3, 0.4) is 0 Å². The molecule has 246 valence electrons. The second-order valence-electron chi connectivity index (χ2n) is 16.6. The van der Waals surface area contributed by atoms with Crippen molar-refractivity contribution in [2.75, 3.05) is 0 Å². The van der Waals surface area contributed by atoms with Crippen LogP contribution < -0.4 is 0 Å². The lowest BCUT2D eigenvalue weighted by molar-refractivity contribution is -0.243. The summed E-state index contributed by atoms with van der Waals surface area (Å²) in [5.41, 5.74) is 8.22. The Kier molecular flexibility index (Phi) is 6.15. The van der Waals surface area contributed by atoms with E-state index < -0.39 is 16.6 Å². The maximum absolute atomic E-state index is 6.77. The van der Waals surface area contributed by atoms with Crippen LogP contribution in [0, 0.1) is 0 Å². The van der Waals surface area contributed by atoms with E-state index >= 15 is 0 Å². The van der Waals surface area contributed by atoms with Crippen molar-refractivity contribution in [1.82, 2.24) is 0 Å². The molecular formula is C44H46O4. The molecule has 2 heterocycles. The molecule has 4 aromatic rings. The second-order valence-corrected chi connectivity index (χ2v) is 16.6. The zero-order chi connectivity index (χ0) is 33.4. The minimum Gasteiger partial charge on any atom is -0.487 e. The molecule has 48 heavy (non-hydrogen) atoms. The van der Waals surface area contributed by atoms with Crippen molar-refractivity contribution < 1.29 is 18.9 Å². The summed E-state index contributed by atoms with van der Waals surface area (Å²) in [6.07, 6.45) is 2.30. The van der Waals surface area contributed by atoms with E-state index in [-0.39, 0.29) is 41.3 Å². The Hall–Kier alpha value is -3.70. The van der Waals surface area contributed by atoms with E-state index in [2.05, 4.69) is 159 Å². The number of ether oxygens (including phenoxy) is 4. The van der Waals surface area contributed by atoms with Crippen LogP contribution in [0.2, 0.25) is 0 Å². The molecule has 9 rings (SSSR count). The van der Waals surface area contributed by atoms with Gasteiger partial charge in [0.2, 0.25) is 0 Å². The van der Waals surface area contributed by atoms with Gasteiger partial charge in [-0.05, 0) is 106 Å². The van der Waals surface area contributed by atoms with E-state index in [9.17, 15) is 0 Å². The first-order valence-electron chi connectivity index (χ1n) is 17.6. The van der Waals surface area contributed by atoms with Gasteiger partial charge in [-0.1, -0.05) is 97.1 Å². The fraction of sp³-hybridized carbons (Fsp3) is 0.409. The summed E-state index contributed by atoms with van der Waals surface area (Å²) in [4.78, 5) is 0. The van der Waals surface area contributed by atoms with Gasteiger partial charge in [-0.25, -0.2) is 0 Å². The van der Waals surface area contributed by atoms with Crippen molar-refractivity contribution in [2.24, 2.45) is 0 Å². The van der Waals surface area contributed by atoms with Crippen LogP contribution in [0.5, 0.6) is 0 Å². The number of fused-ring (bicyclic) bond motifs is 5. The van der Waals surface area contributed by atoms with E-state index in [0.29, 0.717) is 0 Å². The third kappa shape index (κ3) is 4.00. The summed E-state index contributed by atoms with van der Waals surface area (Å²) in [5, 5.41) is 0. The summed E-state index contributed by atoms with van der Waals surface area (Å²) in [5.74, 6) is 1.28. The molecule has 3 fully saturated rings. The van der Waals surface area contributed by atoms with E-state index in [4.69, 9.17) is 18.9 Å². The average molecular weight is 639 g/mol. The van der Waals surface area contributed by atoms with E-state index in [1.54, 1.807) is 0 Å². The molecule has 0 amide bonds. The molecule has 5 aliphatic rings. The first-order chi connectivity index (χ1) is 22.8. The monoisotopic (exact) mass is 638 g/mol. The lowest BCUT2D eigenvalue weighted by Gasteiger charge is -2.54. The van der Waals surface area contributed by atoms with Crippen LogP contribution in [0.4, 0.5) is 0 Å². The van der Waals surface area contributed by atoms with Crippen molar-refractivity contribution in [3.05, 3.63) is 142 Å². The van der Waals surface area contributed by atoms with Crippen molar-refractivity contribution >= 4 is 0 Å². The molecule has 4 unspecified atom stereocenters. The molecule has 2 saturated heterocycles. The van der Waals surface area contributed by atoms with Crippen LogP contribution in [-0.4, -0.2) is 40.7 Å². The Bertz CT molecular complexity index is 1910. The van der Waals surface area contributed by atoms with Crippen LogP contribution in [0.25, 0.3) is 11.1 Å². The summed E-state index contributed by atoms with van der Waals surface area (Å²) in [6, 6.07) is 36.3. The zero-order valence-corrected chi connectivity index (χ0v) is 29.3. The number of hydrogen-bond donors (Lipinski definition) is 0. The Morgan fingerprint density at radius 2 is 0.979 bits per heavy atom. The van der Waals surface area contributed by atoms with Crippen LogP contribution >= 0.6 is 0 Å². The molecule has 2 aliphatic heterocycles. The lowest BCUT2D eigenvalue weighted by Crippen LogP contribution is -2.59. The third-order valence-electron chi connectivity index (χ3n) is 12.8. The van der Waals surface area contributed by atoms with Gasteiger partial charge in [0.1, 0.15) is 23.1 Å². The van der Waals surface area contributed by atoms with Crippen molar-refractivity contribution in [3.63, 3.8) is 0 Å². The van der Waals surface area contributed by atoms with Crippen LogP contribution in [0.1, 0.15) is 101 Å². The molecule has 0 spiro atoms. The van der Waals surface area contributed by atoms with Gasteiger partial charge in [0.25, 0.3) is 0 Å². The molecule has 4 heteroatoms. The largest absolute Gasteiger partial charge is 0.487 e. The fourth-order valence-electron chi connectivity index (χ4n) is 8.61. The SMILES string of the molecule is CC1(C)OC2=CC(c3ccc4c(c3)C(c3ccccc3)(c3ccccc3)c3cc(C5C6OC(C)(C)C(C)(C)OC65)ccc3-4)C2OC1(C)C. The topological polar surface area (TPSA) is 36.9 Å². The first-order valence-corrected chi connectivity index (χ1v) is 17.6. The fourth-order valence-corrected chi connectivity index (χ4v) is 8.61. The highest BCUT2D eigenvalue weighted by Crippen LogP contribution is 2.61. The smallest absolute Gasteiger partial charge is 0.131 e. The summed E-state index contributed by atoms with van der Waals surface area (Å²) in [6.45, 7) is 17.1. The summed E-state index contributed by atoms with van der Waals surface area (Å²) < 4.78 is 26.7. The van der Waals surface area contributed by atoms with E-state index in [0.717, 1.165) is 5.76 Å². The molecule has 1 saturated carbocycles. The van der Waals surface area contributed by atoms with Gasteiger partial charge in [0.15, 0.2) is 0 Å². The highest BCUT2D eigenvalue weighted by atomic mass is 16.6. The number of rotatable bonds is 4. The molecule has 4 nitrogen and oxygen atoms in total. The summed E-state index contributed by atoms with van der Waals surface area (Å²) in [7, 11) is 0. The molecule has 4 aromatic carbocycles. The quantitative estimate of drug-likeness (QED) is 0.197. The van der Waals surface area contributed by atoms with Gasteiger partial charge in [0.05, 0.1) is 28.8 Å². The third-order valence-corrected chi connectivity index (χ3v) is 12.8. The van der Waals surface area contributed by atoms with Crippen LogP contribution in [0.15, 0.2) is 109 Å². The zero-order valence-electron chi connectivity index (χ0n) is 29.3. The second kappa shape index (κ2) is 9.72. The minimum absolute atomic E-state index is 0.0656. The Balaban J connectivity index is 1.21. The predicted molar refractivity (Wildman–Crippen MR) is 189 cm³/mol. The average Bonchev–Trinajstić information content (AvgIpc) is 3.62. The Morgan fingerprint density at radius 3 is 1.52 bits per heavy atom. The maximum Gasteiger partial charge on any atom is 0.131 e. The first kappa shape index (κ1) is 30.4. The molecule has 3 aliphatic carbocycles. The molecule has 0 N–H and O–H groups in total. The van der Waals surface area contributed by atoms with E-state index in [1.165, 1.54) is 44.5 Å². The molecular weight excluding hydrogens is 592 g/mol. The highest BCUT2D eigenvalue weighted by Gasteiger charge is 2.64. The Labute approximate surface area is 285 Å². The highest BCUT2D eigenvalue weighted by molar-refractivity contribution is 5.87. The van der Waals surface area contributed by atoms with Gasteiger partial charge < -0.3 is 18.9 Å². The summed E-state index contributed by atoms with van der Waals surface area (Å²) >= 11 is 0.